The molecule has 0 amide bonds. The normalized spacial score (nSPS) is 22.8. The molecule has 4 rings (SSSR count). The Hall–Kier alpha value is -3.09. The van der Waals surface area contributed by atoms with E-state index in [2.05, 4.69) is 0 Å². The SMILES string of the molecule is CC(=O)C1=C(O)C=C2Oc3c(C(C)=O)c(O)c(C)c4c3C2(O4)C1=O. The summed E-state index contributed by atoms with van der Waals surface area (Å²) in [6, 6.07) is 0. The molecule has 0 saturated carbocycles. The van der Waals surface area contributed by atoms with Crippen molar-refractivity contribution in [3.8, 4) is 17.2 Å². The second-order valence-corrected chi connectivity index (χ2v) is 5.98. The molecular weight excluding hydrogens is 316 g/mol. The van der Waals surface area contributed by atoms with Crippen LogP contribution in [0, 0.1) is 6.92 Å². The zero-order chi connectivity index (χ0) is 17.5. The molecule has 0 radical (unpaired) electrons. The standard InChI is InChI=1S/C17H12O7/c1-5-13(21)11(7(3)19)15-12-14(5)24-17(12)9(23-15)4-8(20)10(6(2)18)16(17)22/h4,20-21H,1-3H3. The fraction of sp³-hybridized carbons (Fsp3) is 0.235. The lowest BCUT2D eigenvalue weighted by Gasteiger charge is -2.40. The van der Waals surface area contributed by atoms with Gasteiger partial charge in [0.05, 0.1) is 5.56 Å². The van der Waals surface area contributed by atoms with Gasteiger partial charge in [-0.05, 0) is 20.8 Å². The van der Waals surface area contributed by atoms with Gasteiger partial charge in [0.15, 0.2) is 23.1 Å². The van der Waals surface area contributed by atoms with Crippen molar-refractivity contribution in [2.24, 2.45) is 0 Å². The van der Waals surface area contributed by atoms with E-state index >= 15 is 0 Å². The fourth-order valence-corrected chi connectivity index (χ4v) is 3.44. The molecule has 0 bridgehead atoms. The number of hydrogen-bond donors (Lipinski definition) is 2. The molecule has 1 atom stereocenters. The predicted octanol–water partition coefficient (Wildman–Crippen LogP) is 1.75. The first-order valence-corrected chi connectivity index (χ1v) is 7.20. The summed E-state index contributed by atoms with van der Waals surface area (Å²) < 4.78 is 11.2. The molecule has 1 aromatic rings. The van der Waals surface area contributed by atoms with Gasteiger partial charge in [0.1, 0.15) is 28.4 Å². The number of carbonyl (C=O) groups is 3. The number of allylic oxidation sites excluding steroid dienone is 1. The molecule has 0 aromatic heterocycles. The van der Waals surface area contributed by atoms with Gasteiger partial charge in [-0.25, -0.2) is 0 Å². The molecule has 0 saturated heterocycles. The van der Waals surface area contributed by atoms with Crippen molar-refractivity contribution >= 4 is 17.3 Å². The Bertz CT molecular complexity index is 964. The van der Waals surface area contributed by atoms with Crippen LogP contribution in [0.15, 0.2) is 23.2 Å². The van der Waals surface area contributed by atoms with Gasteiger partial charge in [0.2, 0.25) is 5.78 Å². The molecule has 24 heavy (non-hydrogen) atoms. The van der Waals surface area contributed by atoms with E-state index in [1.807, 2.05) is 0 Å². The summed E-state index contributed by atoms with van der Waals surface area (Å²) in [6.45, 7) is 3.98. The molecule has 122 valence electrons. The Balaban J connectivity index is 2.05. The van der Waals surface area contributed by atoms with Gasteiger partial charge >= 0.3 is 0 Å². The summed E-state index contributed by atoms with van der Waals surface area (Å²) in [5.41, 5.74) is -1.48. The van der Waals surface area contributed by atoms with E-state index < -0.39 is 28.7 Å². The van der Waals surface area contributed by atoms with Gasteiger partial charge in [-0.3, -0.25) is 14.4 Å². The first-order chi connectivity index (χ1) is 11.2. The highest BCUT2D eigenvalue weighted by Crippen LogP contribution is 2.64. The first-order valence-electron chi connectivity index (χ1n) is 7.20. The highest BCUT2D eigenvalue weighted by atomic mass is 16.6. The number of ketones is 3. The van der Waals surface area contributed by atoms with E-state index in [0.717, 1.165) is 13.0 Å². The lowest BCUT2D eigenvalue weighted by molar-refractivity contribution is -0.135. The third-order valence-corrected chi connectivity index (χ3v) is 4.55. The average molecular weight is 328 g/mol. The Morgan fingerprint density at radius 3 is 2.38 bits per heavy atom. The van der Waals surface area contributed by atoms with E-state index in [1.54, 1.807) is 6.92 Å². The molecule has 2 aliphatic heterocycles. The van der Waals surface area contributed by atoms with Gasteiger partial charge in [0, 0.05) is 11.6 Å². The van der Waals surface area contributed by atoms with E-state index in [9.17, 15) is 24.6 Å². The molecular formula is C17H12O7. The Kier molecular flexibility index (Phi) is 2.45. The number of aliphatic hydroxyl groups is 1. The number of aromatic hydroxyl groups is 1. The number of benzene rings is 1. The van der Waals surface area contributed by atoms with Gasteiger partial charge in [0.25, 0.3) is 5.60 Å². The molecule has 0 fully saturated rings. The molecule has 1 unspecified atom stereocenters. The van der Waals surface area contributed by atoms with Crippen molar-refractivity contribution in [2.45, 2.75) is 26.4 Å². The second-order valence-electron chi connectivity index (χ2n) is 5.98. The summed E-state index contributed by atoms with van der Waals surface area (Å²) >= 11 is 0. The minimum absolute atomic E-state index is 0.0231. The van der Waals surface area contributed by atoms with Gasteiger partial charge in [-0.1, -0.05) is 0 Å². The van der Waals surface area contributed by atoms with Crippen LogP contribution in [0.2, 0.25) is 0 Å². The van der Waals surface area contributed by atoms with Crippen LogP contribution in [0.3, 0.4) is 0 Å². The molecule has 2 heterocycles. The van der Waals surface area contributed by atoms with Crippen LogP contribution in [0.1, 0.15) is 35.3 Å². The maximum absolute atomic E-state index is 12.8. The van der Waals surface area contributed by atoms with E-state index in [-0.39, 0.29) is 34.1 Å². The van der Waals surface area contributed by atoms with Crippen molar-refractivity contribution < 1.29 is 34.1 Å². The minimum Gasteiger partial charge on any atom is -0.507 e. The number of ether oxygens (including phenoxy) is 2. The highest BCUT2D eigenvalue weighted by molar-refractivity contribution is 6.26. The maximum atomic E-state index is 12.8. The highest BCUT2D eigenvalue weighted by Gasteiger charge is 2.67. The van der Waals surface area contributed by atoms with Gasteiger partial charge in [-0.15, -0.1) is 0 Å². The van der Waals surface area contributed by atoms with Crippen LogP contribution in [0.5, 0.6) is 17.2 Å². The van der Waals surface area contributed by atoms with Crippen LogP contribution in [0.25, 0.3) is 0 Å². The summed E-state index contributed by atoms with van der Waals surface area (Å²) in [7, 11) is 0. The quantitative estimate of drug-likeness (QED) is 0.628. The van der Waals surface area contributed by atoms with Crippen LogP contribution >= 0.6 is 0 Å². The van der Waals surface area contributed by atoms with Gasteiger partial charge < -0.3 is 19.7 Å². The van der Waals surface area contributed by atoms with Crippen molar-refractivity contribution in [3.63, 3.8) is 0 Å². The number of phenolic OH excluding ortho intramolecular Hbond substituents is 1. The Morgan fingerprint density at radius 1 is 1.12 bits per heavy atom. The number of phenols is 1. The third-order valence-electron chi connectivity index (χ3n) is 4.55. The molecule has 1 spiro atoms. The molecule has 7 nitrogen and oxygen atoms in total. The maximum Gasteiger partial charge on any atom is 0.261 e. The predicted molar refractivity (Wildman–Crippen MR) is 79.2 cm³/mol. The average Bonchev–Trinajstić information content (AvgIpc) is 2.68. The second kappa shape index (κ2) is 4.05. The summed E-state index contributed by atoms with van der Waals surface area (Å²) in [5.74, 6) is -2.32. The molecule has 3 aliphatic rings. The Morgan fingerprint density at radius 2 is 1.79 bits per heavy atom. The largest absolute Gasteiger partial charge is 0.507 e. The topological polar surface area (TPSA) is 110 Å². The zero-order valence-corrected chi connectivity index (χ0v) is 13.0. The molecule has 1 aromatic carbocycles. The van der Waals surface area contributed by atoms with Crippen molar-refractivity contribution in [1.29, 1.82) is 0 Å². The van der Waals surface area contributed by atoms with E-state index in [4.69, 9.17) is 9.47 Å². The lowest BCUT2D eigenvalue weighted by Crippen LogP contribution is -2.51. The van der Waals surface area contributed by atoms with Crippen LogP contribution in [0.4, 0.5) is 0 Å². The van der Waals surface area contributed by atoms with Crippen LogP contribution < -0.4 is 9.47 Å². The third kappa shape index (κ3) is 1.32. The first kappa shape index (κ1) is 14.5. The van der Waals surface area contributed by atoms with Crippen molar-refractivity contribution in [2.75, 3.05) is 0 Å². The monoisotopic (exact) mass is 328 g/mol. The minimum atomic E-state index is -1.67. The number of Topliss-reactive ketones (excluding diaryl/α,β-unsaturated/α-hetero) is 3. The van der Waals surface area contributed by atoms with Gasteiger partial charge in [-0.2, -0.15) is 0 Å². The van der Waals surface area contributed by atoms with E-state index in [0.29, 0.717) is 11.1 Å². The molecule has 2 N–H and O–H groups in total. The van der Waals surface area contributed by atoms with E-state index in [1.165, 1.54) is 6.92 Å². The van der Waals surface area contributed by atoms with Crippen molar-refractivity contribution in [3.05, 3.63) is 39.9 Å². The summed E-state index contributed by atoms with van der Waals surface area (Å²) in [5, 5.41) is 20.2. The van der Waals surface area contributed by atoms with Crippen LogP contribution in [-0.2, 0) is 15.2 Å². The fourth-order valence-electron chi connectivity index (χ4n) is 3.44. The molecule has 1 aliphatic carbocycles. The van der Waals surface area contributed by atoms with Crippen molar-refractivity contribution in [1.82, 2.24) is 0 Å². The smallest absolute Gasteiger partial charge is 0.261 e. The summed E-state index contributed by atoms with van der Waals surface area (Å²) in [4.78, 5) is 36.5. The molecule has 7 heteroatoms. The Labute approximate surface area is 135 Å². The number of aliphatic hydroxyl groups excluding tert-OH is 1. The zero-order valence-electron chi connectivity index (χ0n) is 13.0. The van der Waals surface area contributed by atoms with Crippen LogP contribution in [-0.4, -0.2) is 27.6 Å². The number of rotatable bonds is 2. The lowest BCUT2D eigenvalue weighted by atomic mass is 9.75. The summed E-state index contributed by atoms with van der Waals surface area (Å²) in [6.07, 6.45) is 1.14. The number of carbonyl (C=O) groups excluding carboxylic acids is 3. The number of hydrogen-bond acceptors (Lipinski definition) is 7.